The van der Waals surface area contributed by atoms with Crippen molar-refractivity contribution in [2.45, 2.75) is 6.43 Å². The lowest BCUT2D eigenvalue weighted by Gasteiger charge is -2.08. The number of hydrogen-bond acceptors (Lipinski definition) is 4. The normalized spacial score (nSPS) is 10.4. The Hall–Kier alpha value is -1.79. The molecule has 1 rings (SSSR count). The number of carbonyl (C=O) groups is 1. The molecule has 1 heterocycles. The molecule has 1 aromatic heterocycles. The molecule has 0 atom stereocenters. The van der Waals surface area contributed by atoms with Crippen LogP contribution in [-0.2, 0) is 4.74 Å². The van der Waals surface area contributed by atoms with Crippen LogP contribution >= 0.6 is 0 Å². The third kappa shape index (κ3) is 2.23. The molecule has 4 nitrogen and oxygen atoms in total. The van der Waals surface area contributed by atoms with Gasteiger partial charge >= 0.3 is 5.97 Å². The Kier molecular flexibility index (Phi) is 3.70. The fourth-order valence-electron chi connectivity index (χ4n) is 1.03. The van der Waals surface area contributed by atoms with Crippen LogP contribution in [0.5, 0.6) is 5.75 Å². The van der Waals surface area contributed by atoms with Gasteiger partial charge in [0.05, 0.1) is 14.2 Å². The van der Waals surface area contributed by atoms with E-state index >= 15 is 0 Å². The molecule has 0 saturated carbocycles. The molecular weight excluding hydrogens is 227 g/mol. The van der Waals surface area contributed by atoms with E-state index in [0.717, 1.165) is 20.3 Å². The molecular formula is C9H8F3NO3. The number of esters is 1. The molecule has 0 aliphatic heterocycles. The third-order valence-electron chi connectivity index (χ3n) is 1.77. The van der Waals surface area contributed by atoms with E-state index in [9.17, 15) is 18.0 Å². The second-order valence-electron chi connectivity index (χ2n) is 2.70. The highest BCUT2D eigenvalue weighted by Crippen LogP contribution is 2.27. The molecule has 0 aliphatic rings. The Bertz CT molecular complexity index is 409. The second kappa shape index (κ2) is 4.82. The van der Waals surface area contributed by atoms with E-state index in [1.54, 1.807) is 0 Å². The van der Waals surface area contributed by atoms with Crippen molar-refractivity contribution >= 4 is 5.97 Å². The van der Waals surface area contributed by atoms with Crippen molar-refractivity contribution in [1.29, 1.82) is 0 Å². The van der Waals surface area contributed by atoms with Crippen LogP contribution in [-0.4, -0.2) is 25.2 Å². The number of nitrogens with zero attached hydrogens (tertiary/aromatic N) is 1. The highest BCUT2D eigenvalue weighted by molar-refractivity contribution is 5.87. The van der Waals surface area contributed by atoms with Gasteiger partial charge < -0.3 is 9.47 Å². The fraction of sp³-hybridized carbons (Fsp3) is 0.333. The van der Waals surface area contributed by atoms with Gasteiger partial charge in [-0.3, -0.25) is 0 Å². The van der Waals surface area contributed by atoms with Crippen LogP contribution in [0.25, 0.3) is 0 Å². The lowest BCUT2D eigenvalue weighted by molar-refractivity contribution is 0.0591. The van der Waals surface area contributed by atoms with Gasteiger partial charge in [0.2, 0.25) is 0 Å². The minimum Gasteiger partial charge on any atom is -0.494 e. The first kappa shape index (κ1) is 12.3. The summed E-state index contributed by atoms with van der Waals surface area (Å²) in [5.74, 6) is -2.71. The van der Waals surface area contributed by atoms with Gasteiger partial charge in [0.1, 0.15) is 5.69 Å². The molecule has 0 saturated heterocycles. The number of pyridine rings is 1. The maximum atomic E-state index is 13.3. The summed E-state index contributed by atoms with van der Waals surface area (Å²) in [4.78, 5) is 14.2. The Balaban J connectivity index is 3.34. The van der Waals surface area contributed by atoms with Crippen LogP contribution in [0.2, 0.25) is 0 Å². The fourth-order valence-corrected chi connectivity index (χ4v) is 1.03. The smallest absolute Gasteiger partial charge is 0.356 e. The van der Waals surface area contributed by atoms with Crippen molar-refractivity contribution in [2.75, 3.05) is 14.2 Å². The number of halogens is 3. The predicted octanol–water partition coefficient (Wildman–Crippen LogP) is 1.95. The number of methoxy groups -OCH3 is 2. The minimum absolute atomic E-state index is 0.434. The molecule has 0 aromatic carbocycles. The Morgan fingerprint density at radius 1 is 1.44 bits per heavy atom. The Morgan fingerprint density at radius 2 is 2.06 bits per heavy atom. The van der Waals surface area contributed by atoms with E-state index in [4.69, 9.17) is 0 Å². The third-order valence-corrected chi connectivity index (χ3v) is 1.77. The van der Waals surface area contributed by atoms with E-state index in [1.165, 1.54) is 0 Å². The molecule has 0 fully saturated rings. The Morgan fingerprint density at radius 3 is 2.50 bits per heavy atom. The highest BCUT2D eigenvalue weighted by Gasteiger charge is 2.23. The van der Waals surface area contributed by atoms with Crippen LogP contribution in [0.15, 0.2) is 6.07 Å². The summed E-state index contributed by atoms with van der Waals surface area (Å²) in [7, 11) is 2.15. The number of alkyl halides is 2. The van der Waals surface area contributed by atoms with Gasteiger partial charge in [0.15, 0.2) is 17.3 Å². The van der Waals surface area contributed by atoms with Gasteiger partial charge in [0, 0.05) is 6.07 Å². The van der Waals surface area contributed by atoms with E-state index in [0.29, 0.717) is 0 Å². The number of aromatic nitrogens is 1. The molecule has 1 aromatic rings. The lowest BCUT2D eigenvalue weighted by Crippen LogP contribution is -2.09. The summed E-state index contributed by atoms with van der Waals surface area (Å²) in [5.41, 5.74) is -1.57. The van der Waals surface area contributed by atoms with Crippen LogP contribution in [0, 0.1) is 5.82 Å². The first-order valence-electron chi connectivity index (χ1n) is 4.12. The SMILES string of the molecule is COC(=O)c1cc(OC)c(F)c(C(F)F)n1. The summed E-state index contributed by atoms with van der Waals surface area (Å²) in [5, 5.41) is 0. The first-order chi connectivity index (χ1) is 7.51. The van der Waals surface area contributed by atoms with Crippen LogP contribution in [0.3, 0.4) is 0 Å². The van der Waals surface area contributed by atoms with E-state index in [1.807, 2.05) is 0 Å². The molecule has 16 heavy (non-hydrogen) atoms. The summed E-state index contributed by atoms with van der Waals surface area (Å²) in [6.07, 6.45) is -3.14. The van der Waals surface area contributed by atoms with Gasteiger partial charge in [-0.2, -0.15) is 0 Å². The topological polar surface area (TPSA) is 48.4 Å². The minimum atomic E-state index is -3.14. The van der Waals surface area contributed by atoms with Gasteiger partial charge in [-0.25, -0.2) is 22.9 Å². The lowest BCUT2D eigenvalue weighted by atomic mass is 10.2. The van der Waals surface area contributed by atoms with E-state index < -0.39 is 35.3 Å². The Labute approximate surface area is 89.0 Å². The van der Waals surface area contributed by atoms with Crippen molar-refractivity contribution in [3.05, 3.63) is 23.3 Å². The predicted molar refractivity (Wildman–Crippen MR) is 47.0 cm³/mol. The zero-order valence-electron chi connectivity index (χ0n) is 8.46. The summed E-state index contributed by atoms with van der Waals surface area (Å²) in [6, 6.07) is 0.896. The van der Waals surface area contributed by atoms with Crippen LogP contribution < -0.4 is 4.74 Å². The van der Waals surface area contributed by atoms with Crippen molar-refractivity contribution in [3.8, 4) is 5.75 Å². The number of carbonyl (C=O) groups excluding carboxylic acids is 1. The zero-order chi connectivity index (χ0) is 12.3. The van der Waals surface area contributed by atoms with Gasteiger partial charge in [-0.15, -0.1) is 0 Å². The highest BCUT2D eigenvalue weighted by atomic mass is 19.3. The summed E-state index contributed by atoms with van der Waals surface area (Å²) in [6.45, 7) is 0. The van der Waals surface area contributed by atoms with Crippen molar-refractivity contribution in [2.24, 2.45) is 0 Å². The van der Waals surface area contributed by atoms with E-state index in [2.05, 4.69) is 14.5 Å². The van der Waals surface area contributed by atoms with Gasteiger partial charge in [-0.05, 0) is 0 Å². The van der Waals surface area contributed by atoms with Crippen molar-refractivity contribution in [3.63, 3.8) is 0 Å². The summed E-state index contributed by atoms with van der Waals surface area (Å²) >= 11 is 0. The van der Waals surface area contributed by atoms with Crippen molar-refractivity contribution < 1.29 is 27.4 Å². The number of ether oxygens (including phenoxy) is 2. The average Bonchev–Trinajstić information content (AvgIpc) is 2.27. The zero-order valence-corrected chi connectivity index (χ0v) is 8.46. The van der Waals surface area contributed by atoms with Gasteiger partial charge in [-0.1, -0.05) is 0 Å². The first-order valence-corrected chi connectivity index (χ1v) is 4.12. The van der Waals surface area contributed by atoms with Crippen LogP contribution in [0.1, 0.15) is 22.6 Å². The largest absolute Gasteiger partial charge is 0.494 e. The number of hydrogen-bond donors (Lipinski definition) is 0. The quantitative estimate of drug-likeness (QED) is 0.751. The molecule has 88 valence electrons. The van der Waals surface area contributed by atoms with Crippen LogP contribution in [0.4, 0.5) is 13.2 Å². The van der Waals surface area contributed by atoms with Gasteiger partial charge in [0.25, 0.3) is 6.43 Å². The molecule has 0 bridgehead atoms. The summed E-state index contributed by atoms with van der Waals surface area (Å²) < 4.78 is 46.8. The maximum Gasteiger partial charge on any atom is 0.356 e. The standard InChI is InChI=1S/C9H8F3NO3/c1-15-5-3-4(9(14)16-2)13-7(6(5)10)8(11)12/h3,8H,1-2H3. The molecule has 0 N–H and O–H groups in total. The molecule has 7 heteroatoms. The molecule has 0 amide bonds. The monoisotopic (exact) mass is 235 g/mol. The average molecular weight is 235 g/mol. The molecule has 0 radical (unpaired) electrons. The molecule has 0 spiro atoms. The van der Waals surface area contributed by atoms with E-state index in [-0.39, 0.29) is 0 Å². The maximum absolute atomic E-state index is 13.3. The second-order valence-corrected chi connectivity index (χ2v) is 2.70. The number of rotatable bonds is 3. The molecule has 0 unspecified atom stereocenters. The molecule has 0 aliphatic carbocycles. The van der Waals surface area contributed by atoms with Crippen molar-refractivity contribution in [1.82, 2.24) is 4.98 Å².